The van der Waals surface area contributed by atoms with Crippen LogP contribution in [0.2, 0.25) is 0 Å². The predicted molar refractivity (Wildman–Crippen MR) is 33.2 cm³/mol. The van der Waals surface area contributed by atoms with Crippen LogP contribution in [0.5, 0.6) is 0 Å². The van der Waals surface area contributed by atoms with Gasteiger partial charge < -0.3 is 0 Å². The molecule has 0 amide bonds. The summed E-state index contributed by atoms with van der Waals surface area (Å²) in [7, 11) is 0. The zero-order chi connectivity index (χ0) is 5.70. The van der Waals surface area contributed by atoms with Crippen LogP contribution >= 0.6 is 0 Å². The molecule has 0 saturated heterocycles. The Labute approximate surface area is 44.0 Å². The highest BCUT2D eigenvalue weighted by atomic mass is 14.9. The minimum Gasteiger partial charge on any atom is -0.271 e. The Hall–Kier alpha value is -0.660. The fourth-order valence-electron chi connectivity index (χ4n) is 0.180. The van der Waals surface area contributed by atoms with Crippen molar-refractivity contribution in [1.82, 2.24) is 0 Å². The first kappa shape index (κ1) is 6.34. The Balaban J connectivity index is 3.25. The standard InChI is InChI=1S/C5H10N2/c1-5(2)7-4-6-3/h4-5H,3H2,1-2H3. The molecular formula is C5H10N2. The Morgan fingerprint density at radius 3 is 2.29 bits per heavy atom. The van der Waals surface area contributed by atoms with Crippen molar-refractivity contribution in [3.63, 3.8) is 0 Å². The first-order valence-corrected chi connectivity index (χ1v) is 2.25. The van der Waals surface area contributed by atoms with Crippen molar-refractivity contribution in [1.29, 1.82) is 0 Å². The van der Waals surface area contributed by atoms with Gasteiger partial charge in [-0.25, -0.2) is 0 Å². The van der Waals surface area contributed by atoms with Crippen LogP contribution < -0.4 is 0 Å². The number of nitrogens with zero attached hydrogens (tertiary/aromatic N) is 2. The van der Waals surface area contributed by atoms with Crippen molar-refractivity contribution in [3.05, 3.63) is 0 Å². The molecule has 2 nitrogen and oxygen atoms in total. The Morgan fingerprint density at radius 2 is 2.14 bits per heavy atom. The van der Waals surface area contributed by atoms with E-state index in [0.717, 1.165) is 0 Å². The molecule has 0 spiro atoms. The molecular weight excluding hydrogens is 88.1 g/mol. The third kappa shape index (κ3) is 5.34. The number of hydrogen-bond acceptors (Lipinski definition) is 1. The van der Waals surface area contributed by atoms with Gasteiger partial charge in [0.1, 0.15) is 6.34 Å². The number of rotatable bonds is 2. The Morgan fingerprint density at radius 1 is 1.57 bits per heavy atom. The molecule has 2 heteroatoms. The van der Waals surface area contributed by atoms with Gasteiger partial charge >= 0.3 is 0 Å². The highest BCUT2D eigenvalue weighted by Gasteiger charge is 1.78. The Bertz CT molecular complexity index is 74.1. The molecule has 0 aliphatic carbocycles. The fraction of sp³-hybridized carbons (Fsp3) is 0.600. The van der Waals surface area contributed by atoms with E-state index in [9.17, 15) is 0 Å². The van der Waals surface area contributed by atoms with Crippen LogP contribution in [0.4, 0.5) is 0 Å². The molecule has 0 aromatic carbocycles. The summed E-state index contributed by atoms with van der Waals surface area (Å²) in [5.41, 5.74) is 0. The summed E-state index contributed by atoms with van der Waals surface area (Å²) in [5, 5.41) is 0. The lowest BCUT2D eigenvalue weighted by Gasteiger charge is -1.87. The first-order chi connectivity index (χ1) is 3.27. The number of aliphatic imine (C=N–C) groups is 2. The molecule has 0 rings (SSSR count). The Kier molecular flexibility index (Phi) is 3.19. The van der Waals surface area contributed by atoms with E-state index in [-0.39, 0.29) is 0 Å². The van der Waals surface area contributed by atoms with E-state index < -0.39 is 0 Å². The summed E-state index contributed by atoms with van der Waals surface area (Å²) in [4.78, 5) is 7.32. The molecule has 0 unspecified atom stereocenters. The zero-order valence-corrected chi connectivity index (χ0v) is 4.76. The molecule has 0 fully saturated rings. The van der Waals surface area contributed by atoms with Crippen LogP contribution in [0.15, 0.2) is 9.98 Å². The van der Waals surface area contributed by atoms with Gasteiger partial charge in [-0.05, 0) is 20.6 Å². The quantitative estimate of drug-likeness (QED) is 0.365. The van der Waals surface area contributed by atoms with Crippen LogP contribution in [0.25, 0.3) is 0 Å². The average molecular weight is 98.1 g/mol. The lowest BCUT2D eigenvalue weighted by atomic mass is 10.4. The first-order valence-electron chi connectivity index (χ1n) is 2.25. The fourth-order valence-corrected chi connectivity index (χ4v) is 0.180. The minimum atomic E-state index is 0.338. The maximum Gasteiger partial charge on any atom is 0.109 e. The van der Waals surface area contributed by atoms with Crippen molar-refractivity contribution < 1.29 is 0 Å². The van der Waals surface area contributed by atoms with E-state index in [1.54, 1.807) is 0 Å². The normalized spacial score (nSPS) is 10.7. The van der Waals surface area contributed by atoms with Gasteiger partial charge in [-0.15, -0.1) is 0 Å². The largest absolute Gasteiger partial charge is 0.271 e. The van der Waals surface area contributed by atoms with Gasteiger partial charge in [-0.2, -0.15) is 0 Å². The van der Waals surface area contributed by atoms with E-state index in [1.807, 2.05) is 13.8 Å². The van der Waals surface area contributed by atoms with E-state index in [2.05, 4.69) is 16.7 Å². The van der Waals surface area contributed by atoms with Gasteiger partial charge in [0.05, 0.1) is 0 Å². The lowest BCUT2D eigenvalue weighted by Crippen LogP contribution is -1.85. The second-order valence-corrected chi connectivity index (χ2v) is 1.54. The molecule has 0 atom stereocenters. The molecule has 0 heterocycles. The third-order valence-corrected chi connectivity index (χ3v) is 0.446. The molecule has 40 valence electrons. The van der Waals surface area contributed by atoms with E-state index in [4.69, 9.17) is 0 Å². The van der Waals surface area contributed by atoms with Gasteiger partial charge in [0, 0.05) is 6.04 Å². The molecule has 0 radical (unpaired) electrons. The van der Waals surface area contributed by atoms with Gasteiger partial charge in [0.15, 0.2) is 0 Å². The number of hydrogen-bond donors (Lipinski definition) is 0. The van der Waals surface area contributed by atoms with Crippen molar-refractivity contribution in [2.75, 3.05) is 0 Å². The van der Waals surface area contributed by atoms with Crippen LogP contribution in [-0.2, 0) is 0 Å². The molecule has 0 aliphatic heterocycles. The summed E-state index contributed by atoms with van der Waals surface area (Å²) in [6.07, 6.45) is 1.46. The van der Waals surface area contributed by atoms with Crippen molar-refractivity contribution in [2.24, 2.45) is 9.98 Å². The van der Waals surface area contributed by atoms with E-state index in [1.165, 1.54) is 6.34 Å². The summed E-state index contributed by atoms with van der Waals surface area (Å²) in [5.74, 6) is 0. The smallest absolute Gasteiger partial charge is 0.109 e. The third-order valence-electron chi connectivity index (χ3n) is 0.446. The van der Waals surface area contributed by atoms with E-state index in [0.29, 0.717) is 6.04 Å². The average Bonchev–Trinajstić information content (AvgIpc) is 1.61. The molecule has 0 aromatic rings. The SMILES string of the molecule is C=NC=NC(C)C. The summed E-state index contributed by atoms with van der Waals surface area (Å²) >= 11 is 0. The molecule has 0 aromatic heterocycles. The second-order valence-electron chi connectivity index (χ2n) is 1.54. The van der Waals surface area contributed by atoms with Gasteiger partial charge in [-0.3, -0.25) is 9.98 Å². The van der Waals surface area contributed by atoms with Crippen LogP contribution in [-0.4, -0.2) is 19.1 Å². The topological polar surface area (TPSA) is 24.7 Å². The van der Waals surface area contributed by atoms with Crippen LogP contribution in [0.3, 0.4) is 0 Å². The maximum atomic E-state index is 3.89. The molecule has 0 bridgehead atoms. The monoisotopic (exact) mass is 98.1 g/mol. The minimum absolute atomic E-state index is 0.338. The highest BCUT2D eigenvalue weighted by Crippen LogP contribution is 1.80. The van der Waals surface area contributed by atoms with Gasteiger partial charge in [0.25, 0.3) is 0 Å². The second kappa shape index (κ2) is 3.53. The predicted octanol–water partition coefficient (Wildman–Crippen LogP) is 1.12. The molecule has 0 aliphatic rings. The van der Waals surface area contributed by atoms with Crippen molar-refractivity contribution in [2.45, 2.75) is 19.9 Å². The maximum absolute atomic E-state index is 3.89. The van der Waals surface area contributed by atoms with Crippen LogP contribution in [0, 0.1) is 0 Å². The zero-order valence-electron chi connectivity index (χ0n) is 4.76. The summed E-state index contributed by atoms with van der Waals surface area (Å²) < 4.78 is 0. The van der Waals surface area contributed by atoms with Crippen molar-refractivity contribution >= 4 is 13.1 Å². The highest BCUT2D eigenvalue weighted by molar-refractivity contribution is 5.61. The molecule has 0 saturated carbocycles. The lowest BCUT2D eigenvalue weighted by molar-refractivity contribution is 0.839. The van der Waals surface area contributed by atoms with Gasteiger partial charge in [0.2, 0.25) is 0 Å². The van der Waals surface area contributed by atoms with Gasteiger partial charge in [-0.1, -0.05) is 0 Å². The molecule has 0 N–H and O–H groups in total. The molecule has 7 heavy (non-hydrogen) atoms. The van der Waals surface area contributed by atoms with Crippen LogP contribution in [0.1, 0.15) is 13.8 Å². The summed E-state index contributed by atoms with van der Waals surface area (Å²) in [6, 6.07) is 0.338. The van der Waals surface area contributed by atoms with E-state index >= 15 is 0 Å². The summed E-state index contributed by atoms with van der Waals surface area (Å²) in [6.45, 7) is 7.21. The van der Waals surface area contributed by atoms with Crippen molar-refractivity contribution in [3.8, 4) is 0 Å².